The SMILES string of the molecule is COC(=O)CCCN(C)C(=O)CCc1ccc(Cl)cc1. The number of hydrogen-bond acceptors (Lipinski definition) is 3. The summed E-state index contributed by atoms with van der Waals surface area (Å²) in [6.07, 6.45) is 2.11. The van der Waals surface area contributed by atoms with E-state index in [1.807, 2.05) is 24.3 Å². The normalized spacial score (nSPS) is 10.2. The summed E-state index contributed by atoms with van der Waals surface area (Å²) in [5.74, 6) is -0.170. The molecule has 0 aliphatic rings. The molecule has 5 heteroatoms. The van der Waals surface area contributed by atoms with Crippen molar-refractivity contribution in [1.29, 1.82) is 0 Å². The minimum Gasteiger partial charge on any atom is -0.469 e. The number of amides is 1. The number of carbonyl (C=O) groups is 2. The summed E-state index contributed by atoms with van der Waals surface area (Å²) in [5.41, 5.74) is 1.09. The Bertz CT molecular complexity index is 445. The first kappa shape index (κ1) is 16.5. The van der Waals surface area contributed by atoms with E-state index in [0.29, 0.717) is 37.3 Å². The lowest BCUT2D eigenvalue weighted by Gasteiger charge is -2.16. The molecule has 0 bridgehead atoms. The van der Waals surface area contributed by atoms with Crippen LogP contribution in [-0.2, 0) is 20.7 Å². The van der Waals surface area contributed by atoms with Gasteiger partial charge in [-0.3, -0.25) is 9.59 Å². The number of carbonyl (C=O) groups excluding carboxylic acids is 2. The van der Waals surface area contributed by atoms with Crippen LogP contribution in [0.5, 0.6) is 0 Å². The zero-order valence-electron chi connectivity index (χ0n) is 11.9. The van der Waals surface area contributed by atoms with E-state index < -0.39 is 0 Å². The van der Waals surface area contributed by atoms with Gasteiger partial charge in [0.1, 0.15) is 0 Å². The van der Waals surface area contributed by atoms with Crippen LogP contribution in [0.4, 0.5) is 0 Å². The summed E-state index contributed by atoms with van der Waals surface area (Å²) >= 11 is 5.81. The molecule has 0 aromatic heterocycles. The van der Waals surface area contributed by atoms with Crippen molar-refractivity contribution >= 4 is 23.5 Å². The first-order valence-corrected chi connectivity index (χ1v) is 6.96. The van der Waals surface area contributed by atoms with E-state index in [1.165, 1.54) is 7.11 Å². The van der Waals surface area contributed by atoms with Gasteiger partial charge in [-0.15, -0.1) is 0 Å². The van der Waals surface area contributed by atoms with E-state index in [1.54, 1.807) is 11.9 Å². The number of aryl methyl sites for hydroxylation is 1. The third-order valence-corrected chi connectivity index (χ3v) is 3.32. The van der Waals surface area contributed by atoms with Gasteiger partial charge >= 0.3 is 5.97 Å². The minimum absolute atomic E-state index is 0.0739. The summed E-state index contributed by atoms with van der Waals surface area (Å²) in [7, 11) is 3.12. The number of halogens is 1. The molecule has 0 aliphatic carbocycles. The van der Waals surface area contributed by atoms with Gasteiger partial charge < -0.3 is 9.64 Å². The Morgan fingerprint density at radius 1 is 1.20 bits per heavy atom. The van der Waals surface area contributed by atoms with Crippen molar-refractivity contribution in [3.8, 4) is 0 Å². The summed E-state index contributed by atoms with van der Waals surface area (Å²) in [4.78, 5) is 24.5. The Kier molecular flexibility index (Phi) is 7.09. The lowest BCUT2D eigenvalue weighted by atomic mass is 10.1. The highest BCUT2D eigenvalue weighted by Gasteiger charge is 2.09. The molecular formula is C15H20ClNO3. The molecule has 20 heavy (non-hydrogen) atoms. The van der Waals surface area contributed by atoms with Crippen LogP contribution in [0.25, 0.3) is 0 Å². The fourth-order valence-electron chi connectivity index (χ4n) is 1.78. The Labute approximate surface area is 124 Å². The highest BCUT2D eigenvalue weighted by Crippen LogP contribution is 2.11. The first-order valence-electron chi connectivity index (χ1n) is 6.58. The summed E-state index contributed by atoms with van der Waals surface area (Å²) in [5, 5.41) is 0.694. The van der Waals surface area contributed by atoms with Gasteiger partial charge in [-0.25, -0.2) is 0 Å². The van der Waals surface area contributed by atoms with Gasteiger partial charge in [0, 0.05) is 31.5 Å². The van der Waals surface area contributed by atoms with Crippen molar-refractivity contribution in [3.05, 3.63) is 34.9 Å². The number of methoxy groups -OCH3 is 1. The molecule has 4 nitrogen and oxygen atoms in total. The Balaban J connectivity index is 2.27. The third kappa shape index (κ3) is 6.06. The molecule has 1 rings (SSSR count). The summed E-state index contributed by atoms with van der Waals surface area (Å²) in [6.45, 7) is 0.564. The van der Waals surface area contributed by atoms with Crippen molar-refractivity contribution in [3.63, 3.8) is 0 Å². The zero-order chi connectivity index (χ0) is 15.0. The maximum Gasteiger partial charge on any atom is 0.305 e. The van der Waals surface area contributed by atoms with Gasteiger partial charge in [0.05, 0.1) is 7.11 Å². The molecule has 0 saturated carbocycles. The standard InChI is InChI=1S/C15H20ClNO3/c1-17(11-3-4-15(19)20-2)14(18)10-7-12-5-8-13(16)9-6-12/h5-6,8-9H,3-4,7,10-11H2,1-2H3. The van der Waals surface area contributed by atoms with Gasteiger partial charge in [0.15, 0.2) is 0 Å². The van der Waals surface area contributed by atoms with Crippen LogP contribution in [0, 0.1) is 0 Å². The number of esters is 1. The molecule has 0 atom stereocenters. The molecular weight excluding hydrogens is 278 g/mol. The van der Waals surface area contributed by atoms with Crippen molar-refractivity contribution in [1.82, 2.24) is 4.90 Å². The second kappa shape index (κ2) is 8.59. The lowest BCUT2D eigenvalue weighted by Crippen LogP contribution is -2.28. The van der Waals surface area contributed by atoms with Crippen molar-refractivity contribution in [2.45, 2.75) is 25.7 Å². The van der Waals surface area contributed by atoms with E-state index in [0.717, 1.165) is 5.56 Å². The fourth-order valence-corrected chi connectivity index (χ4v) is 1.91. The predicted octanol–water partition coefficient (Wildman–Crippen LogP) is 2.68. The average Bonchev–Trinajstić information content (AvgIpc) is 2.45. The van der Waals surface area contributed by atoms with Gasteiger partial charge in [-0.2, -0.15) is 0 Å². The van der Waals surface area contributed by atoms with E-state index in [4.69, 9.17) is 11.6 Å². The van der Waals surface area contributed by atoms with Crippen LogP contribution < -0.4 is 0 Å². The third-order valence-electron chi connectivity index (χ3n) is 3.07. The molecule has 0 saturated heterocycles. The molecule has 0 heterocycles. The van der Waals surface area contributed by atoms with E-state index in [2.05, 4.69) is 4.74 Å². The fraction of sp³-hybridized carbons (Fsp3) is 0.467. The number of rotatable bonds is 7. The van der Waals surface area contributed by atoms with Crippen LogP contribution in [0.1, 0.15) is 24.8 Å². The highest BCUT2D eigenvalue weighted by atomic mass is 35.5. The topological polar surface area (TPSA) is 46.6 Å². The van der Waals surface area contributed by atoms with Gasteiger partial charge in [-0.05, 0) is 30.5 Å². The average molecular weight is 298 g/mol. The molecule has 0 N–H and O–H groups in total. The van der Waals surface area contributed by atoms with Crippen molar-refractivity contribution < 1.29 is 14.3 Å². The molecule has 0 spiro atoms. The van der Waals surface area contributed by atoms with E-state index in [9.17, 15) is 9.59 Å². The number of nitrogens with zero attached hydrogens (tertiary/aromatic N) is 1. The van der Waals surface area contributed by atoms with Gasteiger partial charge in [-0.1, -0.05) is 23.7 Å². The molecule has 0 unspecified atom stereocenters. The van der Waals surface area contributed by atoms with Crippen LogP contribution in [-0.4, -0.2) is 37.5 Å². The minimum atomic E-state index is -0.244. The second-order valence-electron chi connectivity index (χ2n) is 4.62. The smallest absolute Gasteiger partial charge is 0.305 e. The van der Waals surface area contributed by atoms with Crippen LogP contribution >= 0.6 is 11.6 Å². The Morgan fingerprint density at radius 2 is 1.85 bits per heavy atom. The van der Waals surface area contributed by atoms with Gasteiger partial charge in [0.25, 0.3) is 0 Å². The molecule has 1 amide bonds. The Hall–Kier alpha value is -1.55. The van der Waals surface area contributed by atoms with Crippen molar-refractivity contribution in [2.75, 3.05) is 20.7 Å². The molecule has 0 radical (unpaired) electrons. The summed E-state index contributed by atoms with van der Waals surface area (Å²) < 4.78 is 4.55. The molecule has 0 aliphatic heterocycles. The zero-order valence-corrected chi connectivity index (χ0v) is 12.7. The summed E-state index contributed by atoms with van der Waals surface area (Å²) in [6, 6.07) is 7.49. The maximum atomic E-state index is 11.9. The highest BCUT2D eigenvalue weighted by molar-refractivity contribution is 6.30. The predicted molar refractivity (Wildman–Crippen MR) is 78.7 cm³/mol. The maximum absolute atomic E-state index is 11.9. The van der Waals surface area contributed by atoms with Gasteiger partial charge in [0.2, 0.25) is 5.91 Å². The lowest BCUT2D eigenvalue weighted by molar-refractivity contribution is -0.141. The Morgan fingerprint density at radius 3 is 2.45 bits per heavy atom. The van der Waals surface area contributed by atoms with E-state index >= 15 is 0 Å². The molecule has 1 aromatic rings. The monoisotopic (exact) mass is 297 g/mol. The number of hydrogen-bond donors (Lipinski definition) is 0. The van der Waals surface area contributed by atoms with Crippen LogP contribution in [0.2, 0.25) is 5.02 Å². The largest absolute Gasteiger partial charge is 0.469 e. The number of ether oxygens (including phenoxy) is 1. The number of benzene rings is 1. The molecule has 0 fully saturated rings. The molecule has 110 valence electrons. The van der Waals surface area contributed by atoms with Crippen LogP contribution in [0.15, 0.2) is 24.3 Å². The van der Waals surface area contributed by atoms with E-state index in [-0.39, 0.29) is 11.9 Å². The van der Waals surface area contributed by atoms with Crippen LogP contribution in [0.3, 0.4) is 0 Å². The molecule has 1 aromatic carbocycles. The quantitative estimate of drug-likeness (QED) is 0.727. The van der Waals surface area contributed by atoms with Crippen molar-refractivity contribution in [2.24, 2.45) is 0 Å². The first-order chi connectivity index (χ1) is 9.52. The second-order valence-corrected chi connectivity index (χ2v) is 5.06.